The third kappa shape index (κ3) is 4.16. The van der Waals surface area contributed by atoms with Gasteiger partial charge in [0.1, 0.15) is 0 Å². The third-order valence-corrected chi connectivity index (χ3v) is 7.10. The molecule has 1 amide bonds. The van der Waals surface area contributed by atoms with Gasteiger partial charge in [0.25, 0.3) is 0 Å². The zero-order chi connectivity index (χ0) is 20.1. The summed E-state index contributed by atoms with van der Waals surface area (Å²) >= 11 is 0. The van der Waals surface area contributed by atoms with Gasteiger partial charge in [-0.15, -0.1) is 0 Å². The first-order chi connectivity index (χ1) is 13.5. The summed E-state index contributed by atoms with van der Waals surface area (Å²) in [5.74, 6) is 1.46. The predicted octanol–water partition coefficient (Wildman–Crippen LogP) is 4.60. The zero-order valence-corrected chi connectivity index (χ0v) is 17.1. The quantitative estimate of drug-likeness (QED) is 0.385. The number of hydrogen-bond acceptors (Lipinski definition) is 3. The first-order valence-corrected chi connectivity index (χ1v) is 10.6. The van der Waals surface area contributed by atoms with Gasteiger partial charge in [0.05, 0.1) is 12.5 Å². The number of fused-ring (bicyclic) bond motifs is 2. The molecule has 0 spiro atoms. The van der Waals surface area contributed by atoms with Crippen LogP contribution in [0.25, 0.3) is 0 Å². The Morgan fingerprint density at radius 2 is 2.07 bits per heavy atom. The molecule has 3 rings (SSSR count). The molecule has 1 aromatic carbocycles. The molecule has 2 aliphatic carbocycles. The molecule has 152 valence electrons. The maximum atomic E-state index is 12.4. The minimum Gasteiger partial charge on any atom is -0.469 e. The Balaban J connectivity index is 1.70. The average Bonchev–Trinajstić information content (AvgIpc) is 3.27. The number of esters is 1. The van der Waals surface area contributed by atoms with Gasteiger partial charge >= 0.3 is 5.97 Å². The van der Waals surface area contributed by atoms with Crippen LogP contribution in [-0.4, -0.2) is 19.0 Å². The number of benzene rings is 1. The summed E-state index contributed by atoms with van der Waals surface area (Å²) in [6.07, 6.45) is 10.5. The lowest BCUT2D eigenvalue weighted by Gasteiger charge is -2.37. The topological polar surface area (TPSA) is 69.4 Å². The number of ether oxygens (including phenoxy) is 1. The molecule has 4 nitrogen and oxygen atoms in total. The molecule has 1 aromatic rings. The molecular weight excluding hydrogens is 350 g/mol. The summed E-state index contributed by atoms with van der Waals surface area (Å²) in [4.78, 5) is 23.7. The number of unbranched alkanes of at least 4 members (excludes halogenated alkanes) is 1. The number of allylic oxidation sites excluding steroid dienone is 2. The summed E-state index contributed by atoms with van der Waals surface area (Å²) in [6.45, 7) is 2.29. The predicted molar refractivity (Wildman–Crippen MR) is 110 cm³/mol. The number of carbonyl (C=O) groups excluding carboxylic acids is 2. The van der Waals surface area contributed by atoms with Gasteiger partial charge in [0.15, 0.2) is 0 Å². The van der Waals surface area contributed by atoms with Gasteiger partial charge in [0, 0.05) is 6.42 Å². The van der Waals surface area contributed by atoms with E-state index in [0.717, 1.165) is 38.5 Å². The second kappa shape index (κ2) is 8.93. The number of carbonyl (C=O) groups is 2. The second-order valence-electron chi connectivity index (χ2n) is 8.66. The van der Waals surface area contributed by atoms with Crippen molar-refractivity contribution in [3.8, 4) is 0 Å². The summed E-state index contributed by atoms with van der Waals surface area (Å²) in [5.41, 5.74) is 6.91. The van der Waals surface area contributed by atoms with Crippen molar-refractivity contribution in [2.24, 2.45) is 28.9 Å². The maximum absolute atomic E-state index is 12.4. The summed E-state index contributed by atoms with van der Waals surface area (Å²) in [6, 6.07) is 10.6. The largest absolute Gasteiger partial charge is 0.469 e. The van der Waals surface area contributed by atoms with Crippen LogP contribution in [0.3, 0.4) is 0 Å². The lowest BCUT2D eigenvalue weighted by molar-refractivity contribution is -0.140. The van der Waals surface area contributed by atoms with Gasteiger partial charge in [-0.3, -0.25) is 9.59 Å². The van der Waals surface area contributed by atoms with E-state index in [0.29, 0.717) is 24.2 Å². The van der Waals surface area contributed by atoms with Crippen LogP contribution in [0, 0.1) is 23.2 Å². The summed E-state index contributed by atoms with van der Waals surface area (Å²) in [7, 11) is 1.42. The molecule has 28 heavy (non-hydrogen) atoms. The Morgan fingerprint density at radius 1 is 1.32 bits per heavy atom. The van der Waals surface area contributed by atoms with Crippen molar-refractivity contribution >= 4 is 11.9 Å². The highest BCUT2D eigenvalue weighted by Crippen LogP contribution is 2.62. The molecule has 2 fully saturated rings. The Morgan fingerprint density at radius 3 is 2.75 bits per heavy atom. The second-order valence-corrected chi connectivity index (χ2v) is 8.66. The normalized spacial score (nSPS) is 29.9. The molecule has 2 aliphatic rings. The highest BCUT2D eigenvalue weighted by atomic mass is 16.5. The van der Waals surface area contributed by atoms with E-state index in [4.69, 9.17) is 10.5 Å². The SMILES string of the molecule is COC(=O)CCCC=CC1C(CC(C)c2ccccc2)C2CCC1(C(N)=O)C2. The monoisotopic (exact) mass is 383 g/mol. The van der Waals surface area contributed by atoms with Crippen molar-refractivity contribution in [1.82, 2.24) is 0 Å². The van der Waals surface area contributed by atoms with Crippen LogP contribution in [0.1, 0.15) is 63.4 Å². The van der Waals surface area contributed by atoms with Crippen molar-refractivity contribution in [3.63, 3.8) is 0 Å². The third-order valence-electron chi connectivity index (χ3n) is 7.10. The van der Waals surface area contributed by atoms with Crippen molar-refractivity contribution in [2.45, 2.75) is 57.8 Å². The lowest BCUT2D eigenvalue weighted by Crippen LogP contribution is -2.41. The maximum Gasteiger partial charge on any atom is 0.305 e. The van der Waals surface area contributed by atoms with E-state index >= 15 is 0 Å². The Kier molecular flexibility index (Phi) is 6.58. The first-order valence-electron chi connectivity index (χ1n) is 10.6. The number of nitrogens with two attached hydrogens (primary N) is 1. The van der Waals surface area contributed by atoms with Crippen molar-refractivity contribution in [1.29, 1.82) is 0 Å². The molecule has 2 N–H and O–H groups in total. The molecule has 0 heterocycles. The highest BCUT2D eigenvalue weighted by molar-refractivity contribution is 5.82. The first kappa shape index (κ1) is 20.6. The van der Waals surface area contributed by atoms with Gasteiger partial charge in [0.2, 0.25) is 5.91 Å². The summed E-state index contributed by atoms with van der Waals surface area (Å²) in [5, 5.41) is 0. The van der Waals surface area contributed by atoms with Crippen LogP contribution < -0.4 is 5.73 Å². The number of amides is 1. The minimum absolute atomic E-state index is 0.130. The molecule has 0 aromatic heterocycles. The van der Waals surface area contributed by atoms with Gasteiger partial charge in [-0.25, -0.2) is 0 Å². The van der Waals surface area contributed by atoms with Crippen molar-refractivity contribution in [2.75, 3.05) is 7.11 Å². The molecule has 0 aliphatic heterocycles. The van der Waals surface area contributed by atoms with E-state index in [1.165, 1.54) is 12.7 Å². The van der Waals surface area contributed by atoms with Crippen LogP contribution in [-0.2, 0) is 14.3 Å². The van der Waals surface area contributed by atoms with E-state index in [1.807, 2.05) is 0 Å². The Bertz CT molecular complexity index is 714. The molecule has 5 unspecified atom stereocenters. The zero-order valence-electron chi connectivity index (χ0n) is 17.1. The minimum atomic E-state index is -0.370. The molecular formula is C24H33NO3. The Labute approximate surface area is 168 Å². The van der Waals surface area contributed by atoms with Crippen LogP contribution in [0.2, 0.25) is 0 Å². The number of hydrogen-bond donors (Lipinski definition) is 1. The van der Waals surface area contributed by atoms with Crippen molar-refractivity contribution < 1.29 is 14.3 Å². The fourth-order valence-corrected chi connectivity index (χ4v) is 5.58. The molecule has 4 heteroatoms. The van der Waals surface area contributed by atoms with E-state index in [2.05, 4.69) is 49.4 Å². The van der Waals surface area contributed by atoms with E-state index < -0.39 is 0 Å². The number of methoxy groups -OCH3 is 1. The number of primary amides is 1. The van der Waals surface area contributed by atoms with Crippen LogP contribution in [0.5, 0.6) is 0 Å². The lowest BCUT2D eigenvalue weighted by atomic mass is 9.67. The number of rotatable bonds is 9. The van der Waals surface area contributed by atoms with Crippen molar-refractivity contribution in [3.05, 3.63) is 48.0 Å². The van der Waals surface area contributed by atoms with Gasteiger partial charge < -0.3 is 10.5 Å². The van der Waals surface area contributed by atoms with Crippen LogP contribution >= 0.6 is 0 Å². The van der Waals surface area contributed by atoms with E-state index in [1.54, 1.807) is 0 Å². The highest BCUT2D eigenvalue weighted by Gasteiger charge is 2.59. The fourth-order valence-electron chi connectivity index (χ4n) is 5.58. The molecule has 0 saturated heterocycles. The van der Waals surface area contributed by atoms with Gasteiger partial charge in [-0.1, -0.05) is 49.4 Å². The van der Waals surface area contributed by atoms with Gasteiger partial charge in [-0.2, -0.15) is 0 Å². The summed E-state index contributed by atoms with van der Waals surface area (Å²) < 4.78 is 4.70. The fraction of sp³-hybridized carbons (Fsp3) is 0.583. The standard InChI is InChI=1S/C24H33NO3/c1-17(18-9-5-3-6-10-18)15-20-19-13-14-24(16-19,23(25)27)21(20)11-7-4-8-12-22(26)28-2/h3,5-7,9-11,17,19-21H,4,8,12-16H2,1-2H3,(H2,25,27). The van der Waals surface area contributed by atoms with E-state index in [-0.39, 0.29) is 23.2 Å². The molecule has 5 atom stereocenters. The van der Waals surface area contributed by atoms with Gasteiger partial charge in [-0.05, 0) is 67.8 Å². The average molecular weight is 384 g/mol. The van der Waals surface area contributed by atoms with Crippen LogP contribution in [0.4, 0.5) is 0 Å². The van der Waals surface area contributed by atoms with Crippen LogP contribution in [0.15, 0.2) is 42.5 Å². The molecule has 0 radical (unpaired) electrons. The molecule has 2 saturated carbocycles. The van der Waals surface area contributed by atoms with E-state index in [9.17, 15) is 9.59 Å². The smallest absolute Gasteiger partial charge is 0.305 e. The Hall–Kier alpha value is -2.10. The molecule has 2 bridgehead atoms.